The van der Waals surface area contributed by atoms with Crippen molar-refractivity contribution >= 4 is 11.9 Å². The van der Waals surface area contributed by atoms with Gasteiger partial charge in [0.05, 0.1) is 13.2 Å². The predicted octanol–water partition coefficient (Wildman–Crippen LogP) is 2.27. The Labute approximate surface area is 169 Å². The highest BCUT2D eigenvalue weighted by molar-refractivity contribution is 5.91. The molecule has 154 valence electrons. The first-order chi connectivity index (χ1) is 13.9. The van der Waals surface area contributed by atoms with E-state index in [1.165, 1.54) is 7.11 Å². The standard InChI is InChI=1S/C22H25NO6/c1-29-18-8-7-16(11-17(18)20(25)26)13-23-10-9-19(24)22(14-23,21(27)28)12-15-5-3-2-4-6-15/h2-8,11,19,24H,9-10,12-14H2,1H3,(H,25,26)(H,27,28)/t19-,22-/m1/s1. The van der Waals surface area contributed by atoms with Crippen molar-refractivity contribution in [1.82, 2.24) is 4.90 Å². The van der Waals surface area contributed by atoms with Gasteiger partial charge in [0.25, 0.3) is 0 Å². The molecule has 0 aromatic heterocycles. The van der Waals surface area contributed by atoms with E-state index in [0.29, 0.717) is 19.5 Å². The number of benzene rings is 2. The van der Waals surface area contributed by atoms with E-state index in [1.54, 1.807) is 18.2 Å². The molecule has 0 amide bonds. The second-order valence-corrected chi connectivity index (χ2v) is 7.48. The Bertz CT molecular complexity index is 884. The molecular formula is C22H25NO6. The van der Waals surface area contributed by atoms with E-state index in [1.807, 2.05) is 35.2 Å². The monoisotopic (exact) mass is 399 g/mol. The van der Waals surface area contributed by atoms with E-state index in [0.717, 1.165) is 11.1 Å². The lowest BCUT2D eigenvalue weighted by molar-refractivity contribution is -0.163. The minimum absolute atomic E-state index is 0.0656. The summed E-state index contributed by atoms with van der Waals surface area (Å²) in [5.74, 6) is -1.83. The molecule has 1 aliphatic heterocycles. The molecule has 1 aliphatic rings. The first kappa shape index (κ1) is 20.8. The molecule has 7 heteroatoms. The van der Waals surface area contributed by atoms with E-state index in [-0.39, 0.29) is 24.3 Å². The van der Waals surface area contributed by atoms with Crippen molar-refractivity contribution in [2.75, 3.05) is 20.2 Å². The quantitative estimate of drug-likeness (QED) is 0.656. The fraction of sp³-hybridized carbons (Fsp3) is 0.364. The summed E-state index contributed by atoms with van der Waals surface area (Å²) in [5.41, 5.74) is 0.352. The van der Waals surface area contributed by atoms with Crippen LogP contribution in [-0.4, -0.2) is 58.5 Å². The molecule has 1 heterocycles. The number of hydrogen-bond donors (Lipinski definition) is 3. The van der Waals surface area contributed by atoms with Crippen LogP contribution in [0.2, 0.25) is 0 Å². The van der Waals surface area contributed by atoms with Gasteiger partial charge in [0, 0.05) is 19.6 Å². The third kappa shape index (κ3) is 4.41. The Hall–Kier alpha value is -2.90. The van der Waals surface area contributed by atoms with Crippen LogP contribution in [-0.2, 0) is 17.8 Å². The third-order valence-corrected chi connectivity index (χ3v) is 5.55. The largest absolute Gasteiger partial charge is 0.496 e. The molecule has 2 aromatic carbocycles. The van der Waals surface area contributed by atoms with Gasteiger partial charge >= 0.3 is 11.9 Å². The Morgan fingerprint density at radius 3 is 2.48 bits per heavy atom. The van der Waals surface area contributed by atoms with Gasteiger partial charge in [-0.15, -0.1) is 0 Å². The summed E-state index contributed by atoms with van der Waals surface area (Å²) in [4.78, 5) is 25.6. The van der Waals surface area contributed by atoms with E-state index in [4.69, 9.17) is 4.74 Å². The van der Waals surface area contributed by atoms with Crippen LogP contribution in [0, 0.1) is 5.41 Å². The highest BCUT2D eigenvalue weighted by Crippen LogP contribution is 2.35. The molecule has 0 spiro atoms. The van der Waals surface area contributed by atoms with Crippen molar-refractivity contribution in [3.8, 4) is 5.75 Å². The van der Waals surface area contributed by atoms with Crippen LogP contribution in [0.4, 0.5) is 0 Å². The van der Waals surface area contributed by atoms with Gasteiger partial charge in [-0.3, -0.25) is 9.69 Å². The lowest BCUT2D eigenvalue weighted by Gasteiger charge is -2.43. The normalized spacial score (nSPS) is 22.2. The smallest absolute Gasteiger partial charge is 0.339 e. The van der Waals surface area contributed by atoms with Crippen LogP contribution in [0.15, 0.2) is 48.5 Å². The Kier molecular flexibility index (Phi) is 6.20. The zero-order chi connectivity index (χ0) is 21.0. The number of ether oxygens (including phenoxy) is 1. The molecule has 0 aliphatic carbocycles. The third-order valence-electron chi connectivity index (χ3n) is 5.55. The topological polar surface area (TPSA) is 107 Å². The highest BCUT2D eigenvalue weighted by atomic mass is 16.5. The zero-order valence-corrected chi connectivity index (χ0v) is 16.2. The molecule has 3 rings (SSSR count). The average Bonchev–Trinajstić information content (AvgIpc) is 2.71. The van der Waals surface area contributed by atoms with Crippen LogP contribution in [0.25, 0.3) is 0 Å². The first-order valence-electron chi connectivity index (χ1n) is 9.43. The van der Waals surface area contributed by atoms with Crippen LogP contribution in [0.1, 0.15) is 27.9 Å². The Balaban J connectivity index is 1.84. The number of rotatable bonds is 7. The molecule has 0 saturated carbocycles. The number of piperidine rings is 1. The summed E-state index contributed by atoms with van der Waals surface area (Å²) < 4.78 is 5.09. The molecule has 7 nitrogen and oxygen atoms in total. The van der Waals surface area contributed by atoms with E-state index in [9.17, 15) is 24.9 Å². The summed E-state index contributed by atoms with van der Waals surface area (Å²) in [6, 6.07) is 14.2. The molecule has 0 bridgehead atoms. The second-order valence-electron chi connectivity index (χ2n) is 7.48. The molecule has 0 unspecified atom stereocenters. The number of aliphatic hydroxyl groups excluding tert-OH is 1. The lowest BCUT2D eigenvalue weighted by Crippen LogP contribution is -2.56. The number of hydrogen-bond acceptors (Lipinski definition) is 5. The molecule has 3 N–H and O–H groups in total. The maximum Gasteiger partial charge on any atom is 0.339 e. The van der Waals surface area contributed by atoms with Crippen LogP contribution >= 0.6 is 0 Å². The summed E-state index contributed by atoms with van der Waals surface area (Å²) >= 11 is 0. The molecule has 1 fully saturated rings. The van der Waals surface area contributed by atoms with Crippen LogP contribution in [0.5, 0.6) is 5.75 Å². The summed E-state index contributed by atoms with van der Waals surface area (Å²) in [7, 11) is 1.41. The maximum absolute atomic E-state index is 12.2. The fourth-order valence-corrected chi connectivity index (χ4v) is 4.00. The van der Waals surface area contributed by atoms with Gasteiger partial charge in [0.1, 0.15) is 16.7 Å². The highest BCUT2D eigenvalue weighted by Gasteiger charge is 2.49. The number of methoxy groups -OCH3 is 1. The number of likely N-dealkylation sites (tertiary alicyclic amines) is 1. The van der Waals surface area contributed by atoms with Gasteiger partial charge < -0.3 is 20.1 Å². The number of aliphatic carboxylic acids is 1. The number of carboxylic acid groups (broad SMARTS) is 2. The van der Waals surface area contributed by atoms with Crippen molar-refractivity contribution < 1.29 is 29.6 Å². The van der Waals surface area contributed by atoms with Crippen molar-refractivity contribution in [3.05, 3.63) is 65.2 Å². The van der Waals surface area contributed by atoms with Gasteiger partial charge in [0.15, 0.2) is 0 Å². The van der Waals surface area contributed by atoms with Gasteiger partial charge in [-0.25, -0.2) is 4.79 Å². The number of carboxylic acids is 2. The Morgan fingerprint density at radius 1 is 1.14 bits per heavy atom. The summed E-state index contributed by atoms with van der Waals surface area (Å²) in [5, 5.41) is 30.0. The van der Waals surface area contributed by atoms with Crippen molar-refractivity contribution in [2.24, 2.45) is 5.41 Å². The van der Waals surface area contributed by atoms with Gasteiger partial charge in [-0.05, 0) is 36.1 Å². The maximum atomic E-state index is 12.2. The lowest BCUT2D eigenvalue weighted by atomic mass is 9.72. The zero-order valence-electron chi connectivity index (χ0n) is 16.2. The summed E-state index contributed by atoms with van der Waals surface area (Å²) in [6.07, 6.45) is -0.396. The molecule has 2 atom stereocenters. The van der Waals surface area contributed by atoms with Crippen molar-refractivity contribution in [1.29, 1.82) is 0 Å². The van der Waals surface area contributed by atoms with Crippen LogP contribution in [0.3, 0.4) is 0 Å². The fourth-order valence-electron chi connectivity index (χ4n) is 4.00. The van der Waals surface area contributed by atoms with Crippen LogP contribution < -0.4 is 4.74 Å². The first-order valence-corrected chi connectivity index (χ1v) is 9.43. The van der Waals surface area contributed by atoms with E-state index in [2.05, 4.69) is 0 Å². The minimum Gasteiger partial charge on any atom is -0.496 e. The minimum atomic E-state index is -1.32. The molecule has 29 heavy (non-hydrogen) atoms. The number of nitrogens with zero attached hydrogens (tertiary/aromatic N) is 1. The number of carbonyl (C=O) groups is 2. The molecular weight excluding hydrogens is 374 g/mol. The van der Waals surface area contributed by atoms with Crippen molar-refractivity contribution in [2.45, 2.75) is 25.5 Å². The molecule has 0 radical (unpaired) electrons. The number of aliphatic hydroxyl groups is 1. The second kappa shape index (κ2) is 8.63. The van der Waals surface area contributed by atoms with E-state index < -0.39 is 23.5 Å². The summed E-state index contributed by atoms with van der Waals surface area (Å²) in [6.45, 7) is 1.09. The van der Waals surface area contributed by atoms with Gasteiger partial charge in [-0.1, -0.05) is 36.4 Å². The SMILES string of the molecule is COc1ccc(CN2CC[C@@H](O)[C@](Cc3ccccc3)(C(=O)O)C2)cc1C(=O)O. The molecule has 1 saturated heterocycles. The predicted molar refractivity (Wildman–Crippen MR) is 106 cm³/mol. The molecule has 2 aromatic rings. The average molecular weight is 399 g/mol. The Morgan fingerprint density at radius 2 is 1.86 bits per heavy atom. The van der Waals surface area contributed by atoms with Crippen molar-refractivity contribution in [3.63, 3.8) is 0 Å². The van der Waals surface area contributed by atoms with Gasteiger partial charge in [0.2, 0.25) is 0 Å². The number of aromatic carboxylic acids is 1. The van der Waals surface area contributed by atoms with Gasteiger partial charge in [-0.2, -0.15) is 0 Å². The van der Waals surface area contributed by atoms with E-state index >= 15 is 0 Å².